The van der Waals surface area contributed by atoms with E-state index in [0.29, 0.717) is 12.0 Å². The second-order valence-electron chi connectivity index (χ2n) is 7.58. The zero-order valence-electron chi connectivity index (χ0n) is 15.3. The minimum atomic E-state index is -0.00331. The summed E-state index contributed by atoms with van der Waals surface area (Å²) in [5, 5.41) is 0. The van der Waals surface area contributed by atoms with Crippen molar-refractivity contribution in [3.05, 3.63) is 30.1 Å². The number of nitrogens with zero attached hydrogens (tertiary/aromatic N) is 3. The van der Waals surface area contributed by atoms with Gasteiger partial charge in [0.2, 0.25) is 5.91 Å². The summed E-state index contributed by atoms with van der Waals surface area (Å²) in [7, 11) is 3.48. The molecule has 2 aliphatic heterocycles. The van der Waals surface area contributed by atoms with Crippen LogP contribution in [-0.2, 0) is 20.8 Å². The van der Waals surface area contributed by atoms with E-state index in [9.17, 15) is 4.79 Å². The van der Waals surface area contributed by atoms with Gasteiger partial charge in [0.1, 0.15) is 6.61 Å². The monoisotopic (exact) mass is 347 g/mol. The largest absolute Gasteiger partial charge is 0.375 e. The molecule has 6 heteroatoms. The summed E-state index contributed by atoms with van der Waals surface area (Å²) in [5.74, 6) is -0.00331. The number of carbonyl (C=O) groups is 1. The lowest BCUT2D eigenvalue weighted by atomic mass is 9.76. The van der Waals surface area contributed by atoms with Crippen LogP contribution in [-0.4, -0.2) is 73.8 Å². The zero-order valence-corrected chi connectivity index (χ0v) is 15.3. The Balaban J connectivity index is 1.39. The van der Waals surface area contributed by atoms with Gasteiger partial charge in [0.05, 0.1) is 19.3 Å². The van der Waals surface area contributed by atoms with Crippen molar-refractivity contribution in [3.8, 4) is 0 Å². The van der Waals surface area contributed by atoms with E-state index in [4.69, 9.17) is 9.47 Å². The molecule has 1 amide bonds. The van der Waals surface area contributed by atoms with Gasteiger partial charge in [-0.25, -0.2) is 0 Å². The highest BCUT2D eigenvalue weighted by Gasteiger charge is 2.42. The molecule has 25 heavy (non-hydrogen) atoms. The van der Waals surface area contributed by atoms with Crippen LogP contribution in [0.2, 0.25) is 0 Å². The number of likely N-dealkylation sites (tertiary alicyclic amines) is 1. The van der Waals surface area contributed by atoms with E-state index in [1.54, 1.807) is 19.0 Å². The molecule has 2 saturated heterocycles. The minimum Gasteiger partial charge on any atom is -0.375 e. The Bertz CT molecular complexity index is 556. The van der Waals surface area contributed by atoms with E-state index in [1.807, 2.05) is 18.5 Å². The molecule has 3 rings (SSSR count). The molecule has 2 fully saturated rings. The fourth-order valence-corrected chi connectivity index (χ4v) is 3.69. The topological polar surface area (TPSA) is 54.9 Å². The molecule has 3 heterocycles. The highest BCUT2D eigenvalue weighted by Crippen LogP contribution is 2.42. The zero-order chi connectivity index (χ0) is 17.7. The van der Waals surface area contributed by atoms with Gasteiger partial charge in [-0.05, 0) is 49.4 Å². The average Bonchev–Trinajstić information content (AvgIpc) is 3.01. The molecular formula is C19H29N3O3. The van der Waals surface area contributed by atoms with Crippen LogP contribution in [0.4, 0.5) is 0 Å². The van der Waals surface area contributed by atoms with Crippen molar-refractivity contribution in [1.29, 1.82) is 0 Å². The fraction of sp³-hybridized carbons (Fsp3) is 0.684. The summed E-state index contributed by atoms with van der Waals surface area (Å²) in [4.78, 5) is 19.8. The molecule has 0 aromatic carbocycles. The van der Waals surface area contributed by atoms with Crippen LogP contribution in [0.25, 0.3) is 0 Å². The fourth-order valence-electron chi connectivity index (χ4n) is 3.69. The quantitative estimate of drug-likeness (QED) is 0.782. The third-order valence-corrected chi connectivity index (χ3v) is 5.36. The summed E-state index contributed by atoms with van der Waals surface area (Å²) < 4.78 is 11.5. The number of pyridine rings is 1. The highest BCUT2D eigenvalue weighted by atomic mass is 16.5. The predicted octanol–water partition coefficient (Wildman–Crippen LogP) is 1.56. The van der Waals surface area contributed by atoms with Gasteiger partial charge in [0.25, 0.3) is 0 Å². The van der Waals surface area contributed by atoms with Crippen molar-refractivity contribution in [2.24, 2.45) is 5.41 Å². The number of amides is 1. The van der Waals surface area contributed by atoms with E-state index < -0.39 is 0 Å². The number of rotatable bonds is 6. The standard InChI is InChI=1S/C19H29N3O3/c1-21(2)18(23)14-24-13-17-10-19(15-25-17)5-8-22(9-6-19)12-16-4-3-7-20-11-16/h3-4,7,11,17H,5-6,8-10,12-15H2,1-2H3. The lowest BCUT2D eigenvalue weighted by Gasteiger charge is -2.38. The maximum atomic E-state index is 11.5. The minimum absolute atomic E-state index is 0.00331. The lowest BCUT2D eigenvalue weighted by molar-refractivity contribution is -0.134. The normalized spacial score (nSPS) is 23.0. The molecule has 1 unspecified atom stereocenters. The van der Waals surface area contributed by atoms with Gasteiger partial charge in [-0.3, -0.25) is 14.7 Å². The molecule has 0 saturated carbocycles. The van der Waals surface area contributed by atoms with Crippen LogP contribution in [0.5, 0.6) is 0 Å². The van der Waals surface area contributed by atoms with Crippen molar-refractivity contribution < 1.29 is 14.3 Å². The molecule has 1 atom stereocenters. The molecule has 1 aromatic heterocycles. The molecule has 0 radical (unpaired) electrons. The smallest absolute Gasteiger partial charge is 0.248 e. The van der Waals surface area contributed by atoms with Crippen molar-refractivity contribution in [1.82, 2.24) is 14.8 Å². The molecule has 1 aromatic rings. The van der Waals surface area contributed by atoms with Gasteiger partial charge in [-0.15, -0.1) is 0 Å². The molecule has 0 aliphatic carbocycles. The lowest BCUT2D eigenvalue weighted by Crippen LogP contribution is -2.40. The van der Waals surface area contributed by atoms with Crippen molar-refractivity contribution in [3.63, 3.8) is 0 Å². The third kappa shape index (κ3) is 5.00. The molecule has 0 N–H and O–H groups in total. The summed E-state index contributed by atoms with van der Waals surface area (Å²) >= 11 is 0. The Kier molecular flexibility index (Phi) is 6.04. The van der Waals surface area contributed by atoms with Crippen molar-refractivity contribution in [2.75, 3.05) is 47.0 Å². The van der Waals surface area contributed by atoms with Crippen LogP contribution in [0.15, 0.2) is 24.5 Å². The summed E-state index contributed by atoms with van der Waals surface area (Å²) in [6.45, 7) is 4.66. The van der Waals surface area contributed by atoms with E-state index >= 15 is 0 Å². The first-order valence-electron chi connectivity index (χ1n) is 9.07. The summed E-state index contributed by atoms with van der Waals surface area (Å²) in [5.41, 5.74) is 1.57. The number of piperidine rings is 1. The Morgan fingerprint density at radius 2 is 2.24 bits per heavy atom. The van der Waals surface area contributed by atoms with E-state index in [-0.39, 0.29) is 18.6 Å². The number of carbonyl (C=O) groups excluding carboxylic acids is 1. The predicted molar refractivity (Wildman–Crippen MR) is 95.1 cm³/mol. The molecule has 2 aliphatic rings. The Labute approximate surface area is 150 Å². The second kappa shape index (κ2) is 8.25. The van der Waals surface area contributed by atoms with Gasteiger partial charge in [0.15, 0.2) is 0 Å². The number of aromatic nitrogens is 1. The van der Waals surface area contributed by atoms with E-state index in [1.165, 1.54) is 18.4 Å². The van der Waals surface area contributed by atoms with Crippen LogP contribution in [0, 0.1) is 5.41 Å². The van der Waals surface area contributed by atoms with E-state index in [0.717, 1.165) is 32.7 Å². The average molecular weight is 347 g/mol. The first-order chi connectivity index (χ1) is 12.1. The number of hydrogen-bond donors (Lipinski definition) is 0. The van der Waals surface area contributed by atoms with Gasteiger partial charge < -0.3 is 14.4 Å². The number of hydrogen-bond acceptors (Lipinski definition) is 5. The Morgan fingerprint density at radius 1 is 1.44 bits per heavy atom. The maximum absolute atomic E-state index is 11.5. The molecule has 138 valence electrons. The third-order valence-electron chi connectivity index (χ3n) is 5.36. The summed E-state index contributed by atoms with van der Waals surface area (Å²) in [6, 6.07) is 4.13. The maximum Gasteiger partial charge on any atom is 0.248 e. The van der Waals surface area contributed by atoms with Crippen LogP contribution in [0.1, 0.15) is 24.8 Å². The first kappa shape index (κ1) is 18.3. The van der Waals surface area contributed by atoms with Crippen LogP contribution in [0.3, 0.4) is 0 Å². The number of likely N-dealkylation sites (N-methyl/N-ethyl adjacent to an activating group) is 1. The van der Waals surface area contributed by atoms with Crippen LogP contribution < -0.4 is 0 Å². The van der Waals surface area contributed by atoms with Gasteiger partial charge >= 0.3 is 0 Å². The van der Waals surface area contributed by atoms with Crippen molar-refractivity contribution in [2.45, 2.75) is 31.9 Å². The molecule has 0 bridgehead atoms. The number of ether oxygens (including phenoxy) is 2. The van der Waals surface area contributed by atoms with Gasteiger partial charge in [-0.2, -0.15) is 0 Å². The highest BCUT2D eigenvalue weighted by molar-refractivity contribution is 5.76. The molecule has 1 spiro atoms. The Morgan fingerprint density at radius 3 is 2.92 bits per heavy atom. The van der Waals surface area contributed by atoms with Crippen molar-refractivity contribution >= 4 is 5.91 Å². The first-order valence-corrected chi connectivity index (χ1v) is 9.07. The second-order valence-corrected chi connectivity index (χ2v) is 7.58. The SMILES string of the molecule is CN(C)C(=O)COCC1CC2(CCN(Cc3cccnc3)CC2)CO1. The Hall–Kier alpha value is -1.50. The van der Waals surface area contributed by atoms with Gasteiger partial charge in [-0.1, -0.05) is 6.07 Å². The summed E-state index contributed by atoms with van der Waals surface area (Å²) in [6.07, 6.45) is 7.27. The molecule has 6 nitrogen and oxygen atoms in total. The van der Waals surface area contributed by atoms with Gasteiger partial charge in [0, 0.05) is 33.0 Å². The molecular weight excluding hydrogens is 318 g/mol. The van der Waals surface area contributed by atoms with E-state index in [2.05, 4.69) is 16.0 Å². The van der Waals surface area contributed by atoms with Crippen LogP contribution >= 0.6 is 0 Å².